The van der Waals surface area contributed by atoms with Gasteiger partial charge in [-0.05, 0) is 42.7 Å². The molecule has 0 saturated heterocycles. The van der Waals surface area contributed by atoms with Gasteiger partial charge in [-0.3, -0.25) is 0 Å². The number of hydrogen-bond acceptors (Lipinski definition) is 2. The van der Waals surface area contributed by atoms with Crippen molar-refractivity contribution < 1.29 is 0 Å². The molecule has 0 amide bonds. The lowest BCUT2D eigenvalue weighted by atomic mass is 10.1. The monoisotopic (exact) mass is 226 g/mol. The Hall–Kier alpha value is -1.96. The lowest BCUT2D eigenvalue weighted by Gasteiger charge is -2.06. The van der Waals surface area contributed by atoms with Gasteiger partial charge in [0.25, 0.3) is 0 Å². The molecule has 0 radical (unpaired) electrons. The summed E-state index contributed by atoms with van der Waals surface area (Å²) in [4.78, 5) is 0. The van der Waals surface area contributed by atoms with E-state index in [1.807, 2.05) is 24.3 Å². The second-order valence-electron chi connectivity index (χ2n) is 4.14. The molecule has 2 rings (SSSR count). The van der Waals surface area contributed by atoms with Crippen LogP contribution in [0.25, 0.3) is 0 Å². The number of nitrogens with one attached hydrogen (secondary N) is 1. The molecular formula is C15H18N2. The topological polar surface area (TPSA) is 38.0 Å². The van der Waals surface area contributed by atoms with Crippen molar-refractivity contribution >= 4 is 11.4 Å². The predicted octanol–water partition coefficient (Wildman–Crippen LogP) is 3.31. The summed E-state index contributed by atoms with van der Waals surface area (Å²) in [5.41, 5.74) is 8.96. The Labute approximate surface area is 102 Å². The van der Waals surface area contributed by atoms with Crippen molar-refractivity contribution in [2.24, 2.45) is 0 Å². The minimum atomic E-state index is 0.805. The number of benzene rings is 2. The molecule has 0 heterocycles. The molecular weight excluding hydrogens is 208 g/mol. The second kappa shape index (κ2) is 5.94. The van der Waals surface area contributed by atoms with Gasteiger partial charge in [-0.15, -0.1) is 0 Å². The maximum absolute atomic E-state index is 5.63. The second-order valence-corrected chi connectivity index (χ2v) is 4.14. The highest BCUT2D eigenvalue weighted by atomic mass is 14.9. The first-order valence-electron chi connectivity index (χ1n) is 5.98. The number of aryl methyl sites for hydroxylation is 1. The third-order valence-electron chi connectivity index (χ3n) is 2.72. The van der Waals surface area contributed by atoms with Gasteiger partial charge >= 0.3 is 0 Å². The first-order valence-corrected chi connectivity index (χ1v) is 5.98. The summed E-state index contributed by atoms with van der Waals surface area (Å²) in [5, 5.41) is 3.39. The standard InChI is InChI=1S/C15H18N2/c16-14-8-10-15(11-9-14)17-12-4-7-13-5-2-1-3-6-13/h1-3,5-6,8-11,17H,4,7,12,16H2. The lowest BCUT2D eigenvalue weighted by molar-refractivity contribution is 0.863. The van der Waals surface area contributed by atoms with Gasteiger partial charge in [0, 0.05) is 17.9 Å². The van der Waals surface area contributed by atoms with Crippen molar-refractivity contribution in [3.05, 3.63) is 60.2 Å². The molecule has 88 valence electrons. The molecule has 0 fully saturated rings. The van der Waals surface area contributed by atoms with E-state index in [0.717, 1.165) is 30.8 Å². The summed E-state index contributed by atoms with van der Waals surface area (Å²) in [6.45, 7) is 0.985. The smallest absolute Gasteiger partial charge is 0.0341 e. The number of nitrogen functional groups attached to an aromatic ring is 1. The van der Waals surface area contributed by atoms with E-state index < -0.39 is 0 Å². The van der Waals surface area contributed by atoms with Crippen LogP contribution in [0.2, 0.25) is 0 Å². The fraction of sp³-hybridized carbons (Fsp3) is 0.200. The third kappa shape index (κ3) is 3.83. The van der Waals surface area contributed by atoms with E-state index in [1.54, 1.807) is 0 Å². The van der Waals surface area contributed by atoms with E-state index in [2.05, 4.69) is 35.6 Å². The summed E-state index contributed by atoms with van der Waals surface area (Å²) in [6, 6.07) is 18.4. The molecule has 0 aromatic heterocycles. The molecule has 0 spiro atoms. The molecule has 2 aromatic carbocycles. The number of anilines is 2. The number of rotatable bonds is 5. The Balaban J connectivity index is 1.71. The SMILES string of the molecule is Nc1ccc(NCCCc2ccccc2)cc1. The largest absolute Gasteiger partial charge is 0.399 e. The summed E-state index contributed by atoms with van der Waals surface area (Å²) in [5.74, 6) is 0. The maximum atomic E-state index is 5.63. The molecule has 2 heteroatoms. The molecule has 2 nitrogen and oxygen atoms in total. The average Bonchev–Trinajstić information content (AvgIpc) is 2.38. The van der Waals surface area contributed by atoms with Crippen molar-refractivity contribution in [2.75, 3.05) is 17.6 Å². The van der Waals surface area contributed by atoms with Gasteiger partial charge in [-0.2, -0.15) is 0 Å². The van der Waals surface area contributed by atoms with Gasteiger partial charge in [-0.25, -0.2) is 0 Å². The summed E-state index contributed by atoms with van der Waals surface area (Å²) < 4.78 is 0. The van der Waals surface area contributed by atoms with Gasteiger partial charge in [0.1, 0.15) is 0 Å². The van der Waals surface area contributed by atoms with Crippen LogP contribution in [0.1, 0.15) is 12.0 Å². The zero-order valence-electron chi connectivity index (χ0n) is 9.89. The van der Waals surface area contributed by atoms with Crippen LogP contribution in [0.15, 0.2) is 54.6 Å². The predicted molar refractivity (Wildman–Crippen MR) is 74.1 cm³/mol. The van der Waals surface area contributed by atoms with E-state index in [0.29, 0.717) is 0 Å². The third-order valence-corrected chi connectivity index (χ3v) is 2.72. The van der Waals surface area contributed by atoms with Gasteiger partial charge in [0.2, 0.25) is 0 Å². The van der Waals surface area contributed by atoms with Crippen LogP contribution < -0.4 is 11.1 Å². The first-order chi connectivity index (χ1) is 8.34. The minimum Gasteiger partial charge on any atom is -0.399 e. The first kappa shape index (κ1) is 11.5. The zero-order chi connectivity index (χ0) is 11.9. The van der Waals surface area contributed by atoms with Crippen LogP contribution in [0.3, 0.4) is 0 Å². The molecule has 0 aliphatic carbocycles. The van der Waals surface area contributed by atoms with Crippen molar-refractivity contribution in [1.29, 1.82) is 0 Å². The normalized spacial score (nSPS) is 10.1. The van der Waals surface area contributed by atoms with E-state index in [9.17, 15) is 0 Å². The Kier molecular flexibility index (Phi) is 4.03. The quantitative estimate of drug-likeness (QED) is 0.606. The Morgan fingerprint density at radius 3 is 2.29 bits per heavy atom. The highest BCUT2D eigenvalue weighted by molar-refractivity contribution is 5.51. The molecule has 0 saturated carbocycles. The fourth-order valence-electron chi connectivity index (χ4n) is 1.77. The van der Waals surface area contributed by atoms with Crippen LogP contribution in [0.4, 0.5) is 11.4 Å². The van der Waals surface area contributed by atoms with Crippen LogP contribution in [0.5, 0.6) is 0 Å². The van der Waals surface area contributed by atoms with Crippen molar-refractivity contribution in [3.8, 4) is 0 Å². The molecule has 17 heavy (non-hydrogen) atoms. The molecule has 0 bridgehead atoms. The van der Waals surface area contributed by atoms with E-state index in [1.165, 1.54) is 5.56 Å². The Morgan fingerprint density at radius 1 is 0.882 bits per heavy atom. The van der Waals surface area contributed by atoms with E-state index in [-0.39, 0.29) is 0 Å². The molecule has 0 aliphatic rings. The number of hydrogen-bond donors (Lipinski definition) is 2. The lowest BCUT2D eigenvalue weighted by Crippen LogP contribution is -2.02. The van der Waals surface area contributed by atoms with Gasteiger partial charge in [-0.1, -0.05) is 30.3 Å². The highest BCUT2D eigenvalue weighted by Gasteiger charge is 1.93. The fourth-order valence-corrected chi connectivity index (χ4v) is 1.77. The van der Waals surface area contributed by atoms with Gasteiger partial charge in [0.15, 0.2) is 0 Å². The zero-order valence-corrected chi connectivity index (χ0v) is 9.89. The summed E-state index contributed by atoms with van der Waals surface area (Å²) >= 11 is 0. The molecule has 2 aromatic rings. The van der Waals surface area contributed by atoms with Crippen LogP contribution >= 0.6 is 0 Å². The van der Waals surface area contributed by atoms with Crippen LogP contribution in [0, 0.1) is 0 Å². The molecule has 0 atom stereocenters. The maximum Gasteiger partial charge on any atom is 0.0341 e. The van der Waals surface area contributed by atoms with Crippen LogP contribution in [-0.2, 0) is 6.42 Å². The van der Waals surface area contributed by atoms with E-state index in [4.69, 9.17) is 5.73 Å². The average molecular weight is 226 g/mol. The minimum absolute atomic E-state index is 0.805. The van der Waals surface area contributed by atoms with Crippen molar-refractivity contribution in [1.82, 2.24) is 0 Å². The summed E-state index contributed by atoms with van der Waals surface area (Å²) in [6.07, 6.45) is 2.25. The summed E-state index contributed by atoms with van der Waals surface area (Å²) in [7, 11) is 0. The van der Waals surface area contributed by atoms with Gasteiger partial charge < -0.3 is 11.1 Å². The Bertz CT molecular complexity index is 434. The Morgan fingerprint density at radius 2 is 1.59 bits per heavy atom. The van der Waals surface area contributed by atoms with Crippen LogP contribution in [-0.4, -0.2) is 6.54 Å². The van der Waals surface area contributed by atoms with Crippen molar-refractivity contribution in [2.45, 2.75) is 12.8 Å². The number of nitrogens with two attached hydrogens (primary N) is 1. The highest BCUT2D eigenvalue weighted by Crippen LogP contribution is 2.10. The van der Waals surface area contributed by atoms with E-state index >= 15 is 0 Å². The van der Waals surface area contributed by atoms with Gasteiger partial charge in [0.05, 0.1) is 0 Å². The van der Waals surface area contributed by atoms with Crippen molar-refractivity contribution in [3.63, 3.8) is 0 Å². The molecule has 0 aliphatic heterocycles. The molecule has 3 N–H and O–H groups in total. The molecule has 0 unspecified atom stereocenters.